The summed E-state index contributed by atoms with van der Waals surface area (Å²) in [5.41, 5.74) is 0. The van der Waals surface area contributed by atoms with Crippen LogP contribution in [0, 0.1) is 5.92 Å². The minimum absolute atomic E-state index is 0.0182. The quantitative estimate of drug-likeness (QED) is 0.685. The second kappa shape index (κ2) is 6.74. The lowest BCUT2D eigenvalue weighted by Gasteiger charge is -2.29. The van der Waals surface area contributed by atoms with E-state index in [1.54, 1.807) is 6.92 Å². The van der Waals surface area contributed by atoms with Crippen LogP contribution in [-0.2, 0) is 0 Å². The van der Waals surface area contributed by atoms with Crippen LogP contribution in [0.5, 0.6) is 0 Å². The molecule has 4 heteroatoms. The standard InChI is InChI=1S/C12H24N2O2/c1-3-10-5-4-6-11(7-10)14-12(16)13-9(2)8-15/h9-11,15H,3-8H2,1-2H3,(H2,13,14,16). The van der Waals surface area contributed by atoms with Gasteiger partial charge in [0, 0.05) is 6.04 Å². The van der Waals surface area contributed by atoms with Crippen molar-refractivity contribution in [2.45, 2.75) is 58.0 Å². The Labute approximate surface area is 97.8 Å². The van der Waals surface area contributed by atoms with Crippen LogP contribution in [0.2, 0.25) is 0 Å². The Morgan fingerprint density at radius 3 is 2.88 bits per heavy atom. The average Bonchev–Trinajstić information content (AvgIpc) is 2.28. The summed E-state index contributed by atoms with van der Waals surface area (Å²) in [6, 6.07) is -0.0153. The fourth-order valence-electron chi connectivity index (χ4n) is 2.29. The molecule has 0 spiro atoms. The summed E-state index contributed by atoms with van der Waals surface area (Å²) < 4.78 is 0. The van der Waals surface area contributed by atoms with Gasteiger partial charge in [-0.2, -0.15) is 0 Å². The molecule has 1 rings (SSSR count). The minimum Gasteiger partial charge on any atom is -0.394 e. The summed E-state index contributed by atoms with van der Waals surface area (Å²) in [6.07, 6.45) is 5.88. The second-order valence-corrected chi connectivity index (χ2v) is 4.84. The van der Waals surface area contributed by atoms with Crippen LogP contribution in [0.15, 0.2) is 0 Å². The molecule has 2 amide bonds. The van der Waals surface area contributed by atoms with E-state index in [0.717, 1.165) is 18.8 Å². The van der Waals surface area contributed by atoms with Gasteiger partial charge in [0.1, 0.15) is 0 Å². The molecule has 94 valence electrons. The van der Waals surface area contributed by atoms with Crippen LogP contribution in [-0.4, -0.2) is 29.8 Å². The highest BCUT2D eigenvalue weighted by Crippen LogP contribution is 2.26. The molecule has 0 bridgehead atoms. The molecule has 16 heavy (non-hydrogen) atoms. The fraction of sp³-hybridized carbons (Fsp3) is 0.917. The molecule has 1 aliphatic carbocycles. The normalized spacial score (nSPS) is 27.2. The Bertz CT molecular complexity index is 221. The first kappa shape index (κ1) is 13.3. The Morgan fingerprint density at radius 2 is 2.25 bits per heavy atom. The van der Waals surface area contributed by atoms with Gasteiger partial charge in [-0.05, 0) is 25.7 Å². The smallest absolute Gasteiger partial charge is 0.315 e. The van der Waals surface area contributed by atoms with E-state index in [1.165, 1.54) is 19.3 Å². The first-order chi connectivity index (χ1) is 7.65. The predicted molar refractivity (Wildman–Crippen MR) is 64.3 cm³/mol. The van der Waals surface area contributed by atoms with Crippen LogP contribution >= 0.6 is 0 Å². The van der Waals surface area contributed by atoms with Crippen molar-refractivity contribution in [1.29, 1.82) is 0 Å². The van der Waals surface area contributed by atoms with Gasteiger partial charge in [-0.15, -0.1) is 0 Å². The van der Waals surface area contributed by atoms with Crippen molar-refractivity contribution < 1.29 is 9.90 Å². The molecule has 0 heterocycles. The van der Waals surface area contributed by atoms with Gasteiger partial charge in [0.05, 0.1) is 12.6 Å². The van der Waals surface area contributed by atoms with Crippen LogP contribution in [0.3, 0.4) is 0 Å². The zero-order valence-electron chi connectivity index (χ0n) is 10.3. The van der Waals surface area contributed by atoms with E-state index in [1.807, 2.05) is 0 Å². The third-order valence-electron chi connectivity index (χ3n) is 3.35. The van der Waals surface area contributed by atoms with Gasteiger partial charge in [0.25, 0.3) is 0 Å². The molecular weight excluding hydrogens is 204 g/mol. The first-order valence-electron chi connectivity index (χ1n) is 6.33. The molecule has 1 saturated carbocycles. The van der Waals surface area contributed by atoms with E-state index < -0.39 is 0 Å². The third-order valence-corrected chi connectivity index (χ3v) is 3.35. The number of nitrogens with one attached hydrogen (secondary N) is 2. The van der Waals surface area contributed by atoms with Crippen molar-refractivity contribution in [3.63, 3.8) is 0 Å². The van der Waals surface area contributed by atoms with Crippen molar-refractivity contribution in [3.05, 3.63) is 0 Å². The number of aliphatic hydroxyl groups excluding tert-OH is 1. The summed E-state index contributed by atoms with van der Waals surface area (Å²) in [4.78, 5) is 11.5. The molecule has 0 radical (unpaired) electrons. The lowest BCUT2D eigenvalue weighted by molar-refractivity contribution is 0.209. The molecule has 3 atom stereocenters. The Kier molecular flexibility index (Phi) is 5.60. The largest absolute Gasteiger partial charge is 0.394 e. The maximum atomic E-state index is 11.5. The number of urea groups is 1. The zero-order chi connectivity index (χ0) is 12.0. The molecule has 1 aliphatic rings. The molecule has 3 N–H and O–H groups in total. The molecule has 0 aromatic rings. The summed E-state index contributed by atoms with van der Waals surface area (Å²) in [5, 5.41) is 14.5. The molecule has 1 fully saturated rings. The van der Waals surface area contributed by atoms with Gasteiger partial charge in [0.2, 0.25) is 0 Å². The lowest BCUT2D eigenvalue weighted by atomic mass is 9.84. The van der Waals surface area contributed by atoms with E-state index in [4.69, 9.17) is 5.11 Å². The molecule has 0 aliphatic heterocycles. The minimum atomic E-state index is -0.175. The summed E-state index contributed by atoms with van der Waals surface area (Å²) in [5.74, 6) is 0.759. The average molecular weight is 228 g/mol. The van der Waals surface area contributed by atoms with E-state index in [-0.39, 0.29) is 18.7 Å². The monoisotopic (exact) mass is 228 g/mol. The molecule has 4 nitrogen and oxygen atoms in total. The molecule has 3 unspecified atom stereocenters. The van der Waals surface area contributed by atoms with Crippen molar-refractivity contribution >= 4 is 6.03 Å². The molecule has 0 aromatic heterocycles. The van der Waals surface area contributed by atoms with Crippen molar-refractivity contribution in [2.24, 2.45) is 5.92 Å². The highest BCUT2D eigenvalue weighted by molar-refractivity contribution is 5.74. The predicted octanol–water partition coefficient (Wildman–Crippen LogP) is 1.64. The Balaban J connectivity index is 2.27. The van der Waals surface area contributed by atoms with Gasteiger partial charge in [-0.3, -0.25) is 0 Å². The zero-order valence-corrected chi connectivity index (χ0v) is 10.3. The van der Waals surface area contributed by atoms with Gasteiger partial charge in [-0.25, -0.2) is 4.79 Å². The van der Waals surface area contributed by atoms with Gasteiger partial charge in [0.15, 0.2) is 0 Å². The van der Waals surface area contributed by atoms with Gasteiger partial charge < -0.3 is 15.7 Å². The summed E-state index contributed by atoms with van der Waals surface area (Å²) >= 11 is 0. The number of carbonyl (C=O) groups excluding carboxylic acids is 1. The first-order valence-corrected chi connectivity index (χ1v) is 6.33. The maximum absolute atomic E-state index is 11.5. The van der Waals surface area contributed by atoms with E-state index in [0.29, 0.717) is 6.04 Å². The van der Waals surface area contributed by atoms with Crippen LogP contribution < -0.4 is 10.6 Å². The number of rotatable bonds is 4. The maximum Gasteiger partial charge on any atom is 0.315 e. The fourth-order valence-corrected chi connectivity index (χ4v) is 2.29. The lowest BCUT2D eigenvalue weighted by Crippen LogP contribution is -2.47. The molecule has 0 aromatic carbocycles. The highest BCUT2D eigenvalue weighted by Gasteiger charge is 2.22. The third kappa shape index (κ3) is 4.39. The van der Waals surface area contributed by atoms with Gasteiger partial charge >= 0.3 is 6.03 Å². The van der Waals surface area contributed by atoms with E-state index >= 15 is 0 Å². The summed E-state index contributed by atoms with van der Waals surface area (Å²) in [7, 11) is 0. The number of hydrogen-bond donors (Lipinski definition) is 3. The number of aliphatic hydroxyl groups is 1. The van der Waals surface area contributed by atoms with Gasteiger partial charge in [-0.1, -0.05) is 26.2 Å². The SMILES string of the molecule is CCC1CCCC(NC(=O)NC(C)CO)C1. The van der Waals surface area contributed by atoms with E-state index in [2.05, 4.69) is 17.6 Å². The van der Waals surface area contributed by atoms with E-state index in [9.17, 15) is 4.79 Å². The second-order valence-electron chi connectivity index (χ2n) is 4.84. The van der Waals surface area contributed by atoms with Crippen molar-refractivity contribution in [2.75, 3.05) is 6.61 Å². The van der Waals surface area contributed by atoms with Crippen LogP contribution in [0.1, 0.15) is 46.0 Å². The van der Waals surface area contributed by atoms with Crippen LogP contribution in [0.4, 0.5) is 4.79 Å². The Hall–Kier alpha value is -0.770. The topological polar surface area (TPSA) is 61.4 Å². The summed E-state index contributed by atoms with van der Waals surface area (Å²) in [6.45, 7) is 3.98. The van der Waals surface area contributed by atoms with Crippen molar-refractivity contribution in [3.8, 4) is 0 Å². The number of carbonyl (C=O) groups is 1. The number of amides is 2. The van der Waals surface area contributed by atoms with Crippen molar-refractivity contribution in [1.82, 2.24) is 10.6 Å². The highest BCUT2D eigenvalue weighted by atomic mass is 16.3. The Morgan fingerprint density at radius 1 is 1.50 bits per heavy atom. The molecule has 0 saturated heterocycles. The van der Waals surface area contributed by atoms with Crippen LogP contribution in [0.25, 0.3) is 0 Å². The number of hydrogen-bond acceptors (Lipinski definition) is 2. The molecular formula is C12H24N2O2.